The number of hydrogen-bond donors (Lipinski definition) is 1. The molecule has 0 aromatic carbocycles. The molecule has 4 nitrogen and oxygen atoms in total. The predicted molar refractivity (Wildman–Crippen MR) is 67.5 cm³/mol. The SMILES string of the molecule is Cc1nn(C)c(C)c1CCN(C)C[C@@H](C)N. The van der Waals surface area contributed by atoms with Gasteiger partial charge >= 0.3 is 0 Å². The molecule has 2 N–H and O–H groups in total. The molecule has 0 bridgehead atoms. The van der Waals surface area contributed by atoms with Crippen LogP contribution in [0, 0.1) is 13.8 Å². The fraction of sp³-hybridized carbons (Fsp3) is 0.750. The van der Waals surface area contributed by atoms with Crippen molar-refractivity contribution in [1.29, 1.82) is 0 Å². The van der Waals surface area contributed by atoms with Crippen LogP contribution in [0.25, 0.3) is 0 Å². The Labute approximate surface area is 98.4 Å². The zero-order valence-electron chi connectivity index (χ0n) is 11.1. The summed E-state index contributed by atoms with van der Waals surface area (Å²) in [6, 6.07) is 0.237. The zero-order valence-corrected chi connectivity index (χ0v) is 11.1. The summed E-state index contributed by atoms with van der Waals surface area (Å²) >= 11 is 0. The highest BCUT2D eigenvalue weighted by molar-refractivity contribution is 5.24. The maximum absolute atomic E-state index is 5.77. The molecule has 0 aliphatic carbocycles. The number of rotatable bonds is 5. The molecule has 92 valence electrons. The van der Waals surface area contributed by atoms with Gasteiger partial charge in [0, 0.05) is 31.9 Å². The summed E-state index contributed by atoms with van der Waals surface area (Å²) in [6.45, 7) is 8.22. The van der Waals surface area contributed by atoms with Crippen molar-refractivity contribution in [3.8, 4) is 0 Å². The minimum atomic E-state index is 0.237. The summed E-state index contributed by atoms with van der Waals surface area (Å²) in [4.78, 5) is 2.27. The zero-order chi connectivity index (χ0) is 12.3. The minimum Gasteiger partial charge on any atom is -0.327 e. The fourth-order valence-electron chi connectivity index (χ4n) is 2.06. The van der Waals surface area contributed by atoms with E-state index in [1.807, 2.05) is 18.7 Å². The Kier molecular flexibility index (Phi) is 4.50. The van der Waals surface area contributed by atoms with Gasteiger partial charge < -0.3 is 10.6 Å². The molecule has 1 heterocycles. The quantitative estimate of drug-likeness (QED) is 0.807. The Bertz CT molecular complexity index is 341. The second-order valence-electron chi connectivity index (χ2n) is 4.76. The maximum Gasteiger partial charge on any atom is 0.0628 e. The second kappa shape index (κ2) is 5.46. The summed E-state index contributed by atoms with van der Waals surface area (Å²) in [5, 5.41) is 4.42. The van der Waals surface area contributed by atoms with Crippen molar-refractivity contribution in [2.45, 2.75) is 33.2 Å². The molecule has 1 aromatic heterocycles. The standard InChI is InChI=1S/C12H24N4/c1-9(13)8-15(4)7-6-12-10(2)14-16(5)11(12)3/h9H,6-8,13H2,1-5H3/t9-/m1/s1. The van der Waals surface area contributed by atoms with Crippen LogP contribution < -0.4 is 5.73 Å². The predicted octanol–water partition coefficient (Wildman–Crippen LogP) is 0.858. The normalized spacial score (nSPS) is 13.4. The van der Waals surface area contributed by atoms with Gasteiger partial charge in [0.05, 0.1) is 5.69 Å². The van der Waals surface area contributed by atoms with Gasteiger partial charge in [-0.15, -0.1) is 0 Å². The van der Waals surface area contributed by atoms with Crippen LogP contribution in [0.2, 0.25) is 0 Å². The van der Waals surface area contributed by atoms with Crippen molar-refractivity contribution in [3.63, 3.8) is 0 Å². The molecule has 0 unspecified atom stereocenters. The third kappa shape index (κ3) is 3.32. The molecule has 0 saturated carbocycles. The molecule has 4 heteroatoms. The number of aromatic nitrogens is 2. The van der Waals surface area contributed by atoms with Gasteiger partial charge in [0.2, 0.25) is 0 Å². The van der Waals surface area contributed by atoms with E-state index in [9.17, 15) is 0 Å². The molecule has 0 spiro atoms. The van der Waals surface area contributed by atoms with Gasteiger partial charge in [-0.25, -0.2) is 0 Å². The lowest BCUT2D eigenvalue weighted by Gasteiger charge is -2.18. The van der Waals surface area contributed by atoms with Crippen LogP contribution in [0.1, 0.15) is 23.9 Å². The number of hydrogen-bond acceptors (Lipinski definition) is 3. The third-order valence-corrected chi connectivity index (χ3v) is 3.00. The van der Waals surface area contributed by atoms with Gasteiger partial charge in [0.1, 0.15) is 0 Å². The van der Waals surface area contributed by atoms with Crippen molar-refractivity contribution < 1.29 is 0 Å². The smallest absolute Gasteiger partial charge is 0.0628 e. The molecule has 0 amide bonds. The van der Waals surface area contributed by atoms with Gasteiger partial charge in [0.15, 0.2) is 0 Å². The van der Waals surface area contributed by atoms with E-state index in [1.165, 1.54) is 11.3 Å². The molecule has 0 aliphatic rings. The highest BCUT2D eigenvalue weighted by Crippen LogP contribution is 2.12. The number of aryl methyl sites for hydroxylation is 2. The molecule has 1 aromatic rings. The van der Waals surface area contributed by atoms with Crippen LogP contribution in [0.15, 0.2) is 0 Å². The minimum absolute atomic E-state index is 0.237. The van der Waals surface area contributed by atoms with Crippen LogP contribution >= 0.6 is 0 Å². The molecule has 0 saturated heterocycles. The summed E-state index contributed by atoms with van der Waals surface area (Å²) in [5.41, 5.74) is 9.56. The first-order valence-corrected chi connectivity index (χ1v) is 5.85. The maximum atomic E-state index is 5.77. The van der Waals surface area contributed by atoms with E-state index in [-0.39, 0.29) is 6.04 Å². The van der Waals surface area contributed by atoms with Crippen molar-refractivity contribution in [1.82, 2.24) is 14.7 Å². The number of likely N-dealkylation sites (N-methyl/N-ethyl adjacent to an activating group) is 1. The molecular weight excluding hydrogens is 200 g/mol. The van der Waals surface area contributed by atoms with E-state index < -0.39 is 0 Å². The van der Waals surface area contributed by atoms with Gasteiger partial charge in [0.25, 0.3) is 0 Å². The van der Waals surface area contributed by atoms with E-state index >= 15 is 0 Å². The Morgan fingerprint density at radius 2 is 2.06 bits per heavy atom. The van der Waals surface area contributed by atoms with Crippen molar-refractivity contribution in [2.75, 3.05) is 20.1 Å². The highest BCUT2D eigenvalue weighted by Gasteiger charge is 2.10. The topological polar surface area (TPSA) is 47.1 Å². The fourth-order valence-corrected chi connectivity index (χ4v) is 2.06. The van der Waals surface area contributed by atoms with E-state index in [0.29, 0.717) is 0 Å². The first-order valence-electron chi connectivity index (χ1n) is 5.85. The molecule has 0 radical (unpaired) electrons. The van der Waals surface area contributed by atoms with E-state index in [0.717, 1.165) is 25.2 Å². The number of nitrogens with two attached hydrogens (primary N) is 1. The third-order valence-electron chi connectivity index (χ3n) is 3.00. The molecular formula is C12H24N4. The summed E-state index contributed by atoms with van der Waals surface area (Å²) in [5.74, 6) is 0. The Balaban J connectivity index is 2.54. The van der Waals surface area contributed by atoms with Crippen LogP contribution in [0.5, 0.6) is 0 Å². The lowest BCUT2D eigenvalue weighted by molar-refractivity contribution is 0.321. The van der Waals surface area contributed by atoms with Crippen molar-refractivity contribution in [2.24, 2.45) is 12.8 Å². The molecule has 0 aliphatic heterocycles. The van der Waals surface area contributed by atoms with E-state index in [2.05, 4.69) is 30.9 Å². The van der Waals surface area contributed by atoms with Crippen LogP contribution in [-0.2, 0) is 13.5 Å². The van der Waals surface area contributed by atoms with Crippen LogP contribution in [0.3, 0.4) is 0 Å². The van der Waals surface area contributed by atoms with Gasteiger partial charge in [-0.2, -0.15) is 5.10 Å². The molecule has 16 heavy (non-hydrogen) atoms. The molecule has 0 fully saturated rings. The molecule has 1 atom stereocenters. The van der Waals surface area contributed by atoms with E-state index in [1.54, 1.807) is 0 Å². The van der Waals surface area contributed by atoms with Gasteiger partial charge in [-0.1, -0.05) is 0 Å². The van der Waals surface area contributed by atoms with E-state index in [4.69, 9.17) is 5.73 Å². The summed E-state index contributed by atoms with van der Waals surface area (Å²) in [7, 11) is 4.11. The largest absolute Gasteiger partial charge is 0.327 e. The Hall–Kier alpha value is -0.870. The molecule has 1 rings (SSSR count). The summed E-state index contributed by atoms with van der Waals surface area (Å²) in [6.07, 6.45) is 1.05. The Morgan fingerprint density at radius 3 is 2.50 bits per heavy atom. The van der Waals surface area contributed by atoms with Crippen LogP contribution in [0.4, 0.5) is 0 Å². The van der Waals surface area contributed by atoms with Crippen molar-refractivity contribution in [3.05, 3.63) is 17.0 Å². The Morgan fingerprint density at radius 1 is 1.44 bits per heavy atom. The lowest BCUT2D eigenvalue weighted by atomic mass is 10.1. The van der Waals surface area contributed by atoms with Crippen molar-refractivity contribution >= 4 is 0 Å². The first-order chi connectivity index (χ1) is 7.41. The first kappa shape index (κ1) is 13.2. The van der Waals surface area contributed by atoms with Crippen LogP contribution in [-0.4, -0.2) is 40.9 Å². The second-order valence-corrected chi connectivity index (χ2v) is 4.76. The average molecular weight is 224 g/mol. The monoisotopic (exact) mass is 224 g/mol. The number of nitrogens with zero attached hydrogens (tertiary/aromatic N) is 3. The average Bonchev–Trinajstić information content (AvgIpc) is 2.38. The summed E-state index contributed by atoms with van der Waals surface area (Å²) < 4.78 is 1.95. The van der Waals surface area contributed by atoms with Gasteiger partial charge in [-0.3, -0.25) is 4.68 Å². The lowest BCUT2D eigenvalue weighted by Crippen LogP contribution is -2.34. The highest BCUT2D eigenvalue weighted by atomic mass is 15.3. The van der Waals surface area contributed by atoms with Gasteiger partial charge in [-0.05, 0) is 39.8 Å².